The molecular weight excluding hydrogens is 487 g/mol. The van der Waals surface area contributed by atoms with Crippen molar-refractivity contribution < 1.29 is 19.1 Å². The van der Waals surface area contributed by atoms with Crippen LogP contribution in [-0.2, 0) is 0 Å². The van der Waals surface area contributed by atoms with Gasteiger partial charge in [0.2, 0.25) is 0 Å². The minimum absolute atomic E-state index is 0.0329. The van der Waals surface area contributed by atoms with Crippen molar-refractivity contribution in [2.45, 2.75) is 65.4 Å². The smallest absolute Gasteiger partial charge is 0.278 e. The van der Waals surface area contributed by atoms with Crippen LogP contribution in [0.3, 0.4) is 0 Å². The zero-order chi connectivity index (χ0) is 27.9. The van der Waals surface area contributed by atoms with Crippen molar-refractivity contribution in [2.24, 2.45) is 4.99 Å². The molecule has 1 saturated carbocycles. The maximum atomic E-state index is 14.9. The molecule has 10 heteroatoms. The van der Waals surface area contributed by atoms with Gasteiger partial charge in [0.25, 0.3) is 11.8 Å². The number of aliphatic imine (C=N–C) groups is 1. The van der Waals surface area contributed by atoms with Crippen LogP contribution < -0.4 is 16.0 Å². The third kappa shape index (κ3) is 8.04. The summed E-state index contributed by atoms with van der Waals surface area (Å²) in [5.74, 6) is -1.75. The van der Waals surface area contributed by atoms with Crippen molar-refractivity contribution >= 4 is 29.5 Å². The van der Waals surface area contributed by atoms with Gasteiger partial charge in [-0.05, 0) is 65.2 Å². The molecule has 4 N–H and O–H groups in total. The van der Waals surface area contributed by atoms with E-state index >= 15 is 0 Å². The number of carbonyl (C=O) groups is 2. The third-order valence-electron chi connectivity index (χ3n) is 5.77. The predicted molar refractivity (Wildman–Crippen MR) is 147 cm³/mol. The summed E-state index contributed by atoms with van der Waals surface area (Å²) in [6.07, 6.45) is 9.50. The average Bonchev–Trinajstić information content (AvgIpc) is 3.72. The SMILES string of the molecule is C\C=N/C=C(\C=C(/C)CC)Nc1ncc(C2CC2)nc1C(=O)Nc1c(F)cccc1C(=O)NCC(C)(C)O. The highest BCUT2D eigenvalue weighted by molar-refractivity contribution is 6.10. The number of anilines is 2. The Morgan fingerprint density at radius 3 is 2.61 bits per heavy atom. The Hall–Kier alpha value is -3.92. The molecule has 0 spiro atoms. The summed E-state index contributed by atoms with van der Waals surface area (Å²) < 4.78 is 14.9. The normalized spacial score (nSPS) is 14.5. The lowest BCUT2D eigenvalue weighted by molar-refractivity contribution is 0.0694. The van der Waals surface area contributed by atoms with E-state index in [2.05, 4.69) is 30.9 Å². The number of hydrogen-bond acceptors (Lipinski definition) is 7. The number of allylic oxidation sites excluding steroid dienone is 2. The molecule has 38 heavy (non-hydrogen) atoms. The standard InChI is InChI=1S/C28H35FN6O3/c1-6-17(3)13-19(14-30-7-2)33-25-24(34-22(15-31-25)18-11-12-18)27(37)35-23-20(9-8-10-21(23)29)26(36)32-16-28(4,5)38/h7-10,13-15,18,38H,6,11-12,16H2,1-5H3,(H,31,33)(H,32,36)(H,35,37)/b17-13+,19-14+,30-7-. The maximum absolute atomic E-state index is 14.9. The van der Waals surface area contributed by atoms with Gasteiger partial charge >= 0.3 is 0 Å². The number of benzene rings is 1. The van der Waals surface area contributed by atoms with Gasteiger partial charge in [0.1, 0.15) is 5.82 Å². The number of carbonyl (C=O) groups excluding carboxylic acids is 2. The first kappa shape index (κ1) is 28.6. The lowest BCUT2D eigenvalue weighted by atomic mass is 10.1. The summed E-state index contributed by atoms with van der Waals surface area (Å²) in [6.45, 7) is 8.80. The molecule has 0 aliphatic heterocycles. The highest BCUT2D eigenvalue weighted by Crippen LogP contribution is 2.39. The minimum atomic E-state index is -1.16. The van der Waals surface area contributed by atoms with Crippen molar-refractivity contribution in [2.75, 3.05) is 17.2 Å². The fourth-order valence-electron chi connectivity index (χ4n) is 3.40. The Morgan fingerprint density at radius 1 is 1.24 bits per heavy atom. The van der Waals surface area contributed by atoms with Crippen LogP contribution in [0.25, 0.3) is 0 Å². The predicted octanol–water partition coefficient (Wildman–Crippen LogP) is 4.95. The quantitative estimate of drug-likeness (QED) is 0.244. The van der Waals surface area contributed by atoms with Crippen LogP contribution in [0.2, 0.25) is 0 Å². The molecule has 0 saturated heterocycles. The fraction of sp³-hybridized carbons (Fsp3) is 0.393. The summed E-state index contributed by atoms with van der Waals surface area (Å²) in [6, 6.07) is 3.92. The molecule has 9 nitrogen and oxygen atoms in total. The third-order valence-corrected chi connectivity index (χ3v) is 5.77. The van der Waals surface area contributed by atoms with E-state index in [0.717, 1.165) is 30.9 Å². The van der Waals surface area contributed by atoms with E-state index < -0.39 is 23.2 Å². The number of aliphatic hydroxyl groups is 1. The molecule has 0 unspecified atom stereocenters. The monoisotopic (exact) mass is 522 g/mol. The van der Waals surface area contributed by atoms with Gasteiger partial charge in [0.15, 0.2) is 11.5 Å². The first-order chi connectivity index (χ1) is 18.0. The van der Waals surface area contributed by atoms with Crippen LogP contribution in [0, 0.1) is 5.82 Å². The van der Waals surface area contributed by atoms with Crippen LogP contribution in [0.4, 0.5) is 15.9 Å². The summed E-state index contributed by atoms with van der Waals surface area (Å²) in [4.78, 5) is 39.5. The number of nitrogens with zero attached hydrogens (tertiary/aromatic N) is 3. The summed E-state index contributed by atoms with van der Waals surface area (Å²) in [5, 5.41) is 18.1. The molecule has 0 bridgehead atoms. The van der Waals surface area contributed by atoms with Gasteiger partial charge in [-0.15, -0.1) is 0 Å². The van der Waals surface area contributed by atoms with Gasteiger partial charge in [0.05, 0.1) is 34.4 Å². The van der Waals surface area contributed by atoms with Crippen molar-refractivity contribution in [3.8, 4) is 0 Å². The van der Waals surface area contributed by atoms with Crippen molar-refractivity contribution in [3.63, 3.8) is 0 Å². The molecule has 2 amide bonds. The molecule has 202 valence electrons. The van der Waals surface area contributed by atoms with Crippen molar-refractivity contribution in [3.05, 3.63) is 70.7 Å². The first-order valence-corrected chi connectivity index (χ1v) is 12.6. The molecule has 3 rings (SSSR count). The van der Waals surface area contributed by atoms with E-state index in [9.17, 15) is 19.1 Å². The second kappa shape index (κ2) is 12.6. The van der Waals surface area contributed by atoms with Crippen LogP contribution in [-0.4, -0.2) is 45.2 Å². The van der Waals surface area contributed by atoms with Crippen LogP contribution >= 0.6 is 0 Å². The molecule has 1 aliphatic carbocycles. The molecule has 0 atom stereocenters. The Kier molecular flexibility index (Phi) is 9.46. The van der Waals surface area contributed by atoms with Crippen LogP contribution in [0.15, 0.2) is 52.9 Å². The molecule has 1 fully saturated rings. The molecule has 1 aromatic heterocycles. The summed E-state index contributed by atoms with van der Waals surface area (Å²) in [7, 11) is 0. The molecule has 1 aromatic carbocycles. The average molecular weight is 523 g/mol. The highest BCUT2D eigenvalue weighted by atomic mass is 19.1. The zero-order valence-electron chi connectivity index (χ0n) is 22.4. The fourth-order valence-corrected chi connectivity index (χ4v) is 3.40. The number of aromatic nitrogens is 2. The van der Waals surface area contributed by atoms with Gasteiger partial charge in [0, 0.05) is 24.9 Å². The Morgan fingerprint density at radius 2 is 1.97 bits per heavy atom. The largest absolute Gasteiger partial charge is 0.389 e. The zero-order valence-corrected chi connectivity index (χ0v) is 22.4. The maximum Gasteiger partial charge on any atom is 0.278 e. The Balaban J connectivity index is 1.97. The van der Waals surface area contributed by atoms with Crippen LogP contribution in [0.1, 0.15) is 86.3 Å². The number of nitrogens with one attached hydrogen (secondary N) is 3. The lowest BCUT2D eigenvalue weighted by Crippen LogP contribution is -2.38. The Bertz CT molecular complexity index is 1280. The number of hydrogen-bond donors (Lipinski definition) is 4. The van der Waals surface area contributed by atoms with E-state index in [4.69, 9.17) is 0 Å². The van der Waals surface area contributed by atoms with Gasteiger partial charge in [-0.3, -0.25) is 14.6 Å². The van der Waals surface area contributed by atoms with Crippen LogP contribution in [0.5, 0.6) is 0 Å². The Labute approximate surface area is 222 Å². The van der Waals surface area contributed by atoms with E-state index in [1.54, 1.807) is 25.5 Å². The molecule has 1 aliphatic rings. The van der Waals surface area contributed by atoms with Crippen molar-refractivity contribution in [1.29, 1.82) is 0 Å². The molecule has 2 aromatic rings. The minimum Gasteiger partial charge on any atom is -0.389 e. The van der Waals surface area contributed by atoms with Gasteiger partial charge < -0.3 is 21.1 Å². The van der Waals surface area contributed by atoms with Gasteiger partial charge in [-0.25, -0.2) is 14.4 Å². The van der Waals surface area contributed by atoms with Crippen molar-refractivity contribution in [1.82, 2.24) is 15.3 Å². The summed E-state index contributed by atoms with van der Waals surface area (Å²) >= 11 is 0. The first-order valence-electron chi connectivity index (χ1n) is 12.6. The second-order valence-electron chi connectivity index (χ2n) is 9.84. The molecular formula is C28H35FN6O3. The van der Waals surface area contributed by atoms with E-state index in [-0.39, 0.29) is 35.2 Å². The summed E-state index contributed by atoms with van der Waals surface area (Å²) in [5.41, 5.74) is 0.790. The lowest BCUT2D eigenvalue weighted by Gasteiger charge is -2.19. The van der Waals surface area contributed by atoms with Gasteiger partial charge in [-0.1, -0.05) is 18.6 Å². The topological polar surface area (TPSA) is 129 Å². The number of para-hydroxylation sites is 1. The van der Waals surface area contributed by atoms with Gasteiger partial charge in [-0.2, -0.15) is 0 Å². The van der Waals surface area contributed by atoms with E-state index in [0.29, 0.717) is 11.4 Å². The van der Waals surface area contributed by atoms with E-state index in [1.165, 1.54) is 26.0 Å². The number of rotatable bonds is 11. The second-order valence-corrected chi connectivity index (χ2v) is 9.84. The highest BCUT2D eigenvalue weighted by Gasteiger charge is 2.28. The molecule has 1 heterocycles. The molecule has 0 radical (unpaired) electrons. The van der Waals surface area contributed by atoms with E-state index in [1.807, 2.05) is 19.9 Å². The number of halogens is 1. The number of amides is 2.